The largest absolute Gasteiger partial charge is 0.363 e. The van der Waals surface area contributed by atoms with E-state index in [4.69, 9.17) is 11.6 Å². The number of nitrogens with zero attached hydrogens (tertiary/aromatic N) is 1. The third-order valence-corrected chi connectivity index (χ3v) is 1.25. The molecule has 1 unspecified atom stereocenters. The second-order valence-electron chi connectivity index (χ2n) is 1.99. The van der Waals surface area contributed by atoms with E-state index in [2.05, 4.69) is 15.0 Å². The highest BCUT2D eigenvalue weighted by Gasteiger charge is 2.09. The van der Waals surface area contributed by atoms with Crippen molar-refractivity contribution < 1.29 is 9.32 Å². The fourth-order valence-corrected chi connectivity index (χ4v) is 0.557. The van der Waals surface area contributed by atoms with Gasteiger partial charge in [0.2, 0.25) is 5.91 Å². The molecule has 1 N–H and O–H groups in total. The fourth-order valence-electron chi connectivity index (χ4n) is 0.503. The van der Waals surface area contributed by atoms with Gasteiger partial charge in [-0.15, -0.1) is 11.6 Å². The summed E-state index contributed by atoms with van der Waals surface area (Å²) in [7, 11) is 0. The van der Waals surface area contributed by atoms with Gasteiger partial charge in [0.1, 0.15) is 11.6 Å². The van der Waals surface area contributed by atoms with Crippen LogP contribution < -0.4 is 5.32 Å². The third kappa shape index (κ3) is 2.23. The molecule has 1 aromatic heterocycles. The molecule has 0 aliphatic rings. The van der Waals surface area contributed by atoms with Crippen molar-refractivity contribution in [3.05, 3.63) is 12.3 Å². The Morgan fingerprint density at radius 3 is 3.09 bits per heavy atom. The van der Waals surface area contributed by atoms with E-state index in [1.807, 2.05) is 0 Å². The molecule has 60 valence electrons. The second kappa shape index (κ2) is 3.39. The van der Waals surface area contributed by atoms with Gasteiger partial charge < -0.3 is 9.84 Å². The molecule has 0 fully saturated rings. The van der Waals surface area contributed by atoms with Crippen LogP contribution in [0.3, 0.4) is 0 Å². The maximum absolute atomic E-state index is 10.9. The SMILES string of the molecule is CC(Cl)C(=O)Nc1ccon1. The van der Waals surface area contributed by atoms with Crippen molar-refractivity contribution in [1.82, 2.24) is 5.16 Å². The van der Waals surface area contributed by atoms with Crippen LogP contribution in [0.25, 0.3) is 0 Å². The smallest absolute Gasteiger partial charge is 0.243 e. The third-order valence-electron chi connectivity index (χ3n) is 1.05. The summed E-state index contributed by atoms with van der Waals surface area (Å²) in [5.41, 5.74) is 0. The monoisotopic (exact) mass is 174 g/mol. The topological polar surface area (TPSA) is 55.1 Å². The van der Waals surface area contributed by atoms with Crippen molar-refractivity contribution >= 4 is 23.3 Å². The molecule has 0 spiro atoms. The van der Waals surface area contributed by atoms with Gasteiger partial charge in [-0.3, -0.25) is 4.79 Å². The number of alkyl halides is 1. The Morgan fingerprint density at radius 1 is 1.91 bits per heavy atom. The summed E-state index contributed by atoms with van der Waals surface area (Å²) in [6.45, 7) is 1.58. The quantitative estimate of drug-likeness (QED) is 0.687. The fraction of sp³-hybridized carbons (Fsp3) is 0.333. The van der Waals surface area contributed by atoms with E-state index in [0.717, 1.165) is 0 Å². The Morgan fingerprint density at radius 2 is 2.64 bits per heavy atom. The molecule has 0 aliphatic carbocycles. The van der Waals surface area contributed by atoms with E-state index < -0.39 is 5.38 Å². The summed E-state index contributed by atoms with van der Waals surface area (Å²) >= 11 is 5.47. The van der Waals surface area contributed by atoms with E-state index in [9.17, 15) is 4.79 Å². The van der Waals surface area contributed by atoms with E-state index in [0.29, 0.717) is 5.82 Å². The maximum atomic E-state index is 10.9. The van der Waals surface area contributed by atoms with Crippen molar-refractivity contribution in [3.8, 4) is 0 Å². The number of halogens is 1. The molecule has 4 nitrogen and oxygen atoms in total. The van der Waals surface area contributed by atoms with Gasteiger partial charge in [0.15, 0.2) is 5.82 Å². The second-order valence-corrected chi connectivity index (χ2v) is 2.64. The summed E-state index contributed by atoms with van der Waals surface area (Å²) in [4.78, 5) is 10.9. The highest BCUT2D eigenvalue weighted by atomic mass is 35.5. The average molecular weight is 175 g/mol. The summed E-state index contributed by atoms with van der Waals surface area (Å²) in [6.07, 6.45) is 1.37. The lowest BCUT2D eigenvalue weighted by atomic mass is 10.4. The first-order chi connectivity index (χ1) is 5.20. The number of aromatic nitrogens is 1. The Bertz CT molecular complexity index is 233. The van der Waals surface area contributed by atoms with Crippen LogP contribution in [0, 0.1) is 0 Å². The Balaban J connectivity index is 2.50. The van der Waals surface area contributed by atoms with Crippen LogP contribution in [-0.4, -0.2) is 16.4 Å². The Labute approximate surface area is 68.5 Å². The first kappa shape index (κ1) is 8.07. The van der Waals surface area contributed by atoms with Crippen LogP contribution in [-0.2, 0) is 4.79 Å². The number of carbonyl (C=O) groups is 1. The maximum Gasteiger partial charge on any atom is 0.243 e. The van der Waals surface area contributed by atoms with Gasteiger partial charge in [-0.1, -0.05) is 5.16 Å². The standard InChI is InChI=1S/C6H7ClN2O2/c1-4(7)6(10)8-5-2-3-11-9-5/h2-4H,1H3,(H,8,9,10). The number of carbonyl (C=O) groups excluding carboxylic acids is 1. The van der Waals surface area contributed by atoms with Crippen molar-refractivity contribution in [1.29, 1.82) is 0 Å². The van der Waals surface area contributed by atoms with Crippen molar-refractivity contribution in [2.24, 2.45) is 0 Å². The lowest BCUT2D eigenvalue weighted by molar-refractivity contribution is -0.115. The van der Waals surface area contributed by atoms with Crippen LogP contribution >= 0.6 is 11.6 Å². The number of amides is 1. The van der Waals surface area contributed by atoms with Crippen molar-refractivity contribution in [2.75, 3.05) is 5.32 Å². The minimum atomic E-state index is -0.563. The number of rotatable bonds is 2. The van der Waals surface area contributed by atoms with Crippen LogP contribution in [0.2, 0.25) is 0 Å². The highest BCUT2D eigenvalue weighted by Crippen LogP contribution is 2.03. The minimum absolute atomic E-state index is 0.291. The van der Waals surface area contributed by atoms with Gasteiger partial charge >= 0.3 is 0 Å². The predicted molar refractivity (Wildman–Crippen MR) is 40.4 cm³/mol. The van der Waals surface area contributed by atoms with Crippen LogP contribution in [0.5, 0.6) is 0 Å². The zero-order chi connectivity index (χ0) is 8.27. The van der Waals surface area contributed by atoms with Gasteiger partial charge in [0, 0.05) is 6.07 Å². The molecule has 1 rings (SSSR count). The molecular weight excluding hydrogens is 168 g/mol. The van der Waals surface area contributed by atoms with E-state index in [-0.39, 0.29) is 5.91 Å². The van der Waals surface area contributed by atoms with Gasteiger partial charge in [0.05, 0.1) is 0 Å². The lowest BCUT2D eigenvalue weighted by Crippen LogP contribution is -2.20. The molecule has 1 aromatic rings. The molecular formula is C6H7ClN2O2. The average Bonchev–Trinajstić information content (AvgIpc) is 2.39. The first-order valence-corrected chi connectivity index (χ1v) is 3.49. The summed E-state index contributed by atoms with van der Waals surface area (Å²) < 4.78 is 4.49. The zero-order valence-electron chi connectivity index (χ0n) is 5.87. The number of anilines is 1. The summed E-state index contributed by atoms with van der Waals surface area (Å²) in [5, 5.41) is 5.36. The number of hydrogen-bond donors (Lipinski definition) is 1. The van der Waals surface area contributed by atoms with Crippen molar-refractivity contribution in [2.45, 2.75) is 12.3 Å². The van der Waals surface area contributed by atoms with Crippen molar-refractivity contribution in [3.63, 3.8) is 0 Å². The normalized spacial score (nSPS) is 12.5. The van der Waals surface area contributed by atoms with E-state index in [1.165, 1.54) is 12.3 Å². The summed E-state index contributed by atoms with van der Waals surface area (Å²) in [5.74, 6) is 0.0862. The van der Waals surface area contributed by atoms with E-state index in [1.54, 1.807) is 6.92 Å². The van der Waals surface area contributed by atoms with E-state index >= 15 is 0 Å². The molecule has 1 atom stereocenters. The minimum Gasteiger partial charge on any atom is -0.363 e. The van der Waals surface area contributed by atoms with Gasteiger partial charge in [-0.25, -0.2) is 0 Å². The molecule has 1 amide bonds. The van der Waals surface area contributed by atoms with Crippen LogP contribution in [0.15, 0.2) is 16.9 Å². The zero-order valence-corrected chi connectivity index (χ0v) is 6.63. The van der Waals surface area contributed by atoms with Gasteiger partial charge in [-0.05, 0) is 6.92 Å². The molecule has 1 heterocycles. The molecule has 5 heteroatoms. The molecule has 0 aromatic carbocycles. The van der Waals surface area contributed by atoms with Gasteiger partial charge in [0.25, 0.3) is 0 Å². The highest BCUT2D eigenvalue weighted by molar-refractivity contribution is 6.32. The Hall–Kier alpha value is -1.03. The lowest BCUT2D eigenvalue weighted by Gasteiger charge is -2.00. The molecule has 0 radical (unpaired) electrons. The van der Waals surface area contributed by atoms with Crippen LogP contribution in [0.1, 0.15) is 6.92 Å². The molecule has 0 aliphatic heterocycles. The molecule has 0 bridgehead atoms. The first-order valence-electron chi connectivity index (χ1n) is 3.05. The molecule has 0 saturated carbocycles. The molecule has 11 heavy (non-hydrogen) atoms. The number of nitrogens with one attached hydrogen (secondary N) is 1. The van der Waals surface area contributed by atoms with Gasteiger partial charge in [-0.2, -0.15) is 0 Å². The number of hydrogen-bond acceptors (Lipinski definition) is 3. The molecule has 0 saturated heterocycles. The Kier molecular flexibility index (Phi) is 2.48. The summed E-state index contributed by atoms with van der Waals surface area (Å²) in [6, 6.07) is 1.54. The predicted octanol–water partition coefficient (Wildman–Crippen LogP) is 1.24. The van der Waals surface area contributed by atoms with Crippen LogP contribution in [0.4, 0.5) is 5.82 Å².